The molecule has 68 valence electrons. The molecule has 0 spiro atoms. The van der Waals surface area contributed by atoms with Crippen LogP contribution in [0.2, 0.25) is 0 Å². The zero-order chi connectivity index (χ0) is 9.35. The third kappa shape index (κ3) is 1.29. The van der Waals surface area contributed by atoms with Crippen LogP contribution < -0.4 is 5.84 Å². The number of carboxylic acids is 1. The van der Waals surface area contributed by atoms with E-state index >= 15 is 0 Å². The smallest absolute Gasteiger partial charge is 0.309 e. The lowest BCUT2D eigenvalue weighted by molar-refractivity contribution is -0.147. The fourth-order valence-corrected chi connectivity index (χ4v) is 1.78. The Morgan fingerprint density at radius 1 is 1.83 bits per heavy atom. The summed E-state index contributed by atoms with van der Waals surface area (Å²) in [5.41, 5.74) is 0.164. The second-order valence-electron chi connectivity index (χ2n) is 3.77. The number of carbonyl (C=O) groups is 1. The van der Waals surface area contributed by atoms with Crippen LogP contribution in [0.1, 0.15) is 26.7 Å². The first-order chi connectivity index (χ1) is 5.49. The van der Waals surface area contributed by atoms with Crippen molar-refractivity contribution in [3.05, 3.63) is 0 Å². The van der Waals surface area contributed by atoms with E-state index in [0.717, 1.165) is 5.71 Å². The van der Waals surface area contributed by atoms with Crippen LogP contribution in [0.5, 0.6) is 0 Å². The maximum Gasteiger partial charge on any atom is 0.309 e. The first-order valence-electron chi connectivity index (χ1n) is 3.99. The van der Waals surface area contributed by atoms with E-state index in [2.05, 4.69) is 5.10 Å². The molecule has 12 heavy (non-hydrogen) atoms. The molecule has 2 atom stereocenters. The van der Waals surface area contributed by atoms with Gasteiger partial charge in [0, 0.05) is 12.1 Å². The fourth-order valence-electron chi connectivity index (χ4n) is 1.78. The minimum absolute atomic E-state index is 0.205. The lowest BCUT2D eigenvalue weighted by atomic mass is 9.88. The van der Waals surface area contributed by atoms with Crippen molar-refractivity contribution in [3.8, 4) is 0 Å². The van der Waals surface area contributed by atoms with Crippen molar-refractivity contribution in [1.29, 1.82) is 0 Å². The van der Waals surface area contributed by atoms with Gasteiger partial charge in [-0.15, -0.1) is 0 Å². The molecule has 1 aliphatic carbocycles. The molecule has 0 aromatic rings. The Labute approximate surface area is 71.4 Å². The summed E-state index contributed by atoms with van der Waals surface area (Å²) in [5, 5.41) is 12.5. The highest BCUT2D eigenvalue weighted by Gasteiger charge is 2.43. The number of hydrogen-bond acceptors (Lipinski definition) is 3. The van der Waals surface area contributed by atoms with Crippen LogP contribution in [-0.2, 0) is 4.79 Å². The van der Waals surface area contributed by atoms with Gasteiger partial charge >= 0.3 is 5.97 Å². The third-order valence-corrected chi connectivity index (χ3v) is 2.58. The minimum Gasteiger partial charge on any atom is -0.481 e. The standard InChI is InChI=1S/C8H14N2O2/c1-5-3-8(2,7(11)12)4-6(5)10-9/h5H,3-4,9H2,1-2H3,(H,11,12)/b10-6-/t5-,8-/m0/s1. The van der Waals surface area contributed by atoms with E-state index in [1.807, 2.05) is 6.92 Å². The molecule has 1 rings (SSSR count). The quantitative estimate of drug-likeness (QED) is 0.452. The van der Waals surface area contributed by atoms with E-state index in [1.54, 1.807) is 6.92 Å². The van der Waals surface area contributed by atoms with Crippen molar-refractivity contribution in [3.63, 3.8) is 0 Å². The van der Waals surface area contributed by atoms with Crippen LogP contribution in [0.25, 0.3) is 0 Å². The van der Waals surface area contributed by atoms with Gasteiger partial charge in [-0.1, -0.05) is 6.92 Å². The largest absolute Gasteiger partial charge is 0.481 e. The Hall–Kier alpha value is -1.06. The lowest BCUT2D eigenvalue weighted by Crippen LogP contribution is -2.24. The van der Waals surface area contributed by atoms with Crippen LogP contribution >= 0.6 is 0 Å². The van der Waals surface area contributed by atoms with Crippen LogP contribution in [-0.4, -0.2) is 16.8 Å². The summed E-state index contributed by atoms with van der Waals surface area (Å²) in [5.74, 6) is 4.59. The Morgan fingerprint density at radius 2 is 2.42 bits per heavy atom. The van der Waals surface area contributed by atoms with E-state index < -0.39 is 11.4 Å². The van der Waals surface area contributed by atoms with Gasteiger partial charge in [0.2, 0.25) is 0 Å². The summed E-state index contributed by atoms with van der Waals surface area (Å²) in [7, 11) is 0. The molecule has 0 saturated heterocycles. The van der Waals surface area contributed by atoms with Crippen LogP contribution in [0.4, 0.5) is 0 Å². The Kier molecular flexibility index (Phi) is 2.08. The number of nitrogens with zero attached hydrogens (tertiary/aromatic N) is 1. The molecule has 0 heterocycles. The zero-order valence-corrected chi connectivity index (χ0v) is 7.37. The fraction of sp³-hybridized carbons (Fsp3) is 0.750. The number of hydrazone groups is 1. The molecule has 0 radical (unpaired) electrons. The normalized spacial score (nSPS) is 38.8. The topological polar surface area (TPSA) is 75.7 Å². The van der Waals surface area contributed by atoms with Gasteiger partial charge in [-0.05, 0) is 19.3 Å². The maximum atomic E-state index is 10.8. The van der Waals surface area contributed by atoms with Gasteiger partial charge in [-0.25, -0.2) is 0 Å². The molecular formula is C8H14N2O2. The zero-order valence-electron chi connectivity index (χ0n) is 7.37. The SMILES string of the molecule is C[C@H]1C[C@](C)(C(=O)O)C/C1=N/N. The Morgan fingerprint density at radius 3 is 2.67 bits per heavy atom. The molecule has 1 saturated carbocycles. The van der Waals surface area contributed by atoms with Gasteiger partial charge in [0.05, 0.1) is 5.41 Å². The van der Waals surface area contributed by atoms with Crippen LogP contribution in [0.3, 0.4) is 0 Å². The molecular weight excluding hydrogens is 156 g/mol. The molecule has 0 amide bonds. The van der Waals surface area contributed by atoms with Crippen molar-refractivity contribution in [2.45, 2.75) is 26.7 Å². The number of carboxylic acid groups (broad SMARTS) is 1. The maximum absolute atomic E-state index is 10.8. The lowest BCUT2D eigenvalue weighted by Gasteiger charge is -2.15. The van der Waals surface area contributed by atoms with Gasteiger partial charge < -0.3 is 10.9 Å². The number of rotatable bonds is 1. The monoisotopic (exact) mass is 170 g/mol. The minimum atomic E-state index is -0.756. The van der Waals surface area contributed by atoms with Crippen molar-refractivity contribution in [2.24, 2.45) is 22.3 Å². The molecule has 0 aromatic carbocycles. The first-order valence-corrected chi connectivity index (χ1v) is 3.99. The van der Waals surface area contributed by atoms with Crippen molar-refractivity contribution >= 4 is 11.7 Å². The molecule has 0 aromatic heterocycles. The highest BCUT2D eigenvalue weighted by atomic mass is 16.4. The summed E-state index contributed by atoms with van der Waals surface area (Å²) >= 11 is 0. The van der Waals surface area contributed by atoms with Crippen molar-refractivity contribution < 1.29 is 9.90 Å². The second-order valence-corrected chi connectivity index (χ2v) is 3.77. The molecule has 3 N–H and O–H groups in total. The summed E-state index contributed by atoms with van der Waals surface area (Å²) in [6.07, 6.45) is 1.12. The van der Waals surface area contributed by atoms with Gasteiger partial charge in [0.25, 0.3) is 0 Å². The predicted molar refractivity (Wildman–Crippen MR) is 45.8 cm³/mol. The highest BCUT2D eigenvalue weighted by molar-refractivity contribution is 5.94. The van der Waals surface area contributed by atoms with Gasteiger partial charge in [-0.2, -0.15) is 5.10 Å². The molecule has 0 bridgehead atoms. The number of nitrogens with two attached hydrogens (primary N) is 1. The van der Waals surface area contributed by atoms with Crippen molar-refractivity contribution in [1.82, 2.24) is 0 Å². The van der Waals surface area contributed by atoms with Crippen LogP contribution in [0.15, 0.2) is 5.10 Å². The van der Waals surface area contributed by atoms with Gasteiger partial charge in [-0.3, -0.25) is 4.79 Å². The second kappa shape index (κ2) is 2.77. The Bertz CT molecular complexity index is 237. The first kappa shape index (κ1) is 9.03. The van der Waals surface area contributed by atoms with E-state index in [1.165, 1.54) is 0 Å². The highest BCUT2D eigenvalue weighted by Crippen LogP contribution is 2.39. The molecule has 1 aliphatic rings. The van der Waals surface area contributed by atoms with E-state index in [0.29, 0.717) is 12.8 Å². The number of aliphatic carboxylic acids is 1. The number of hydrogen-bond donors (Lipinski definition) is 2. The van der Waals surface area contributed by atoms with E-state index in [9.17, 15) is 4.79 Å². The molecule has 0 unspecified atom stereocenters. The summed E-state index contributed by atoms with van der Waals surface area (Å²) in [6.45, 7) is 3.70. The molecule has 4 nitrogen and oxygen atoms in total. The van der Waals surface area contributed by atoms with Crippen molar-refractivity contribution in [2.75, 3.05) is 0 Å². The molecule has 0 aliphatic heterocycles. The summed E-state index contributed by atoms with van der Waals surface area (Å²) < 4.78 is 0. The van der Waals surface area contributed by atoms with Gasteiger partial charge in [0.1, 0.15) is 0 Å². The average molecular weight is 170 g/mol. The Balaban J connectivity index is 2.84. The predicted octanol–water partition coefficient (Wildman–Crippen LogP) is 0.822. The summed E-state index contributed by atoms with van der Waals surface area (Å²) in [4.78, 5) is 10.8. The molecule has 4 heteroatoms. The summed E-state index contributed by atoms with van der Waals surface area (Å²) in [6, 6.07) is 0. The van der Waals surface area contributed by atoms with Crippen LogP contribution in [0, 0.1) is 11.3 Å². The van der Waals surface area contributed by atoms with Gasteiger partial charge in [0.15, 0.2) is 0 Å². The third-order valence-electron chi connectivity index (χ3n) is 2.58. The van der Waals surface area contributed by atoms with E-state index in [4.69, 9.17) is 10.9 Å². The van der Waals surface area contributed by atoms with E-state index in [-0.39, 0.29) is 5.92 Å². The molecule has 1 fully saturated rings. The average Bonchev–Trinajstić information content (AvgIpc) is 2.27.